The third-order valence-corrected chi connectivity index (χ3v) is 4.35. The van der Waals surface area contributed by atoms with Crippen LogP contribution < -0.4 is 0 Å². The van der Waals surface area contributed by atoms with Crippen molar-refractivity contribution in [1.29, 1.82) is 0 Å². The Morgan fingerprint density at radius 3 is 2.65 bits per heavy atom. The topological polar surface area (TPSA) is 53.4 Å². The summed E-state index contributed by atoms with van der Waals surface area (Å²) in [6, 6.07) is 10.2. The molecule has 104 valence electrons. The van der Waals surface area contributed by atoms with Gasteiger partial charge in [0.15, 0.2) is 0 Å². The highest BCUT2D eigenvalue weighted by molar-refractivity contribution is 9.10. The zero-order chi connectivity index (χ0) is 14.1. The third kappa shape index (κ3) is 2.63. The lowest BCUT2D eigenvalue weighted by Crippen LogP contribution is -2.36. The molecule has 0 aliphatic carbocycles. The average Bonchev–Trinajstić information content (AvgIpc) is 2.46. The van der Waals surface area contributed by atoms with Gasteiger partial charge in [-0.1, -0.05) is 28.1 Å². The van der Waals surface area contributed by atoms with E-state index in [2.05, 4.69) is 28.1 Å². The van der Waals surface area contributed by atoms with Crippen LogP contribution in [0.1, 0.15) is 24.5 Å². The summed E-state index contributed by atoms with van der Waals surface area (Å²) in [6.07, 6.45) is 0.872. The van der Waals surface area contributed by atoms with Gasteiger partial charge in [0.2, 0.25) is 0 Å². The molecule has 2 heterocycles. The molecule has 1 aromatic carbocycles. The van der Waals surface area contributed by atoms with Gasteiger partial charge in [0.05, 0.1) is 5.52 Å². The Hall–Kier alpha value is -1.62. The van der Waals surface area contributed by atoms with Crippen LogP contribution in [0.5, 0.6) is 0 Å². The van der Waals surface area contributed by atoms with Crippen molar-refractivity contribution in [3.8, 4) is 0 Å². The zero-order valence-electron chi connectivity index (χ0n) is 10.9. The summed E-state index contributed by atoms with van der Waals surface area (Å²) < 4.78 is 1.02. The van der Waals surface area contributed by atoms with Crippen molar-refractivity contribution in [2.24, 2.45) is 0 Å². The number of halogens is 1. The number of carbonyl (C=O) groups is 1. The van der Waals surface area contributed by atoms with Crippen LogP contribution in [0.15, 0.2) is 34.8 Å². The largest absolute Gasteiger partial charge is 0.465 e. The number of rotatable bonds is 1. The molecule has 1 saturated heterocycles. The van der Waals surface area contributed by atoms with Crippen molar-refractivity contribution in [3.63, 3.8) is 0 Å². The number of hydrogen-bond acceptors (Lipinski definition) is 2. The summed E-state index contributed by atoms with van der Waals surface area (Å²) in [6.45, 7) is 1.19. The number of carboxylic acid groups (broad SMARTS) is 1. The van der Waals surface area contributed by atoms with E-state index in [1.807, 2.05) is 18.2 Å². The van der Waals surface area contributed by atoms with Crippen molar-refractivity contribution in [1.82, 2.24) is 9.88 Å². The molecule has 1 fully saturated rings. The van der Waals surface area contributed by atoms with E-state index in [1.165, 1.54) is 4.90 Å². The Morgan fingerprint density at radius 1 is 1.25 bits per heavy atom. The van der Waals surface area contributed by atoms with Gasteiger partial charge in [-0.2, -0.15) is 0 Å². The first-order valence-corrected chi connectivity index (χ1v) is 7.47. The maximum Gasteiger partial charge on any atom is 0.407 e. The molecule has 1 N–H and O–H groups in total. The molecular formula is C15H15BrN2O2. The van der Waals surface area contributed by atoms with E-state index in [0.717, 1.165) is 33.9 Å². The van der Waals surface area contributed by atoms with Gasteiger partial charge < -0.3 is 10.0 Å². The van der Waals surface area contributed by atoms with E-state index in [-0.39, 0.29) is 0 Å². The van der Waals surface area contributed by atoms with Crippen LogP contribution in [0.4, 0.5) is 4.79 Å². The summed E-state index contributed by atoms with van der Waals surface area (Å²) >= 11 is 3.46. The summed E-state index contributed by atoms with van der Waals surface area (Å²) in [5, 5.41) is 10.1. The van der Waals surface area contributed by atoms with Gasteiger partial charge in [-0.05, 0) is 31.0 Å². The Labute approximate surface area is 125 Å². The molecule has 0 spiro atoms. The molecule has 0 radical (unpaired) electrons. The number of fused-ring (bicyclic) bond motifs is 1. The van der Waals surface area contributed by atoms with E-state index < -0.39 is 6.09 Å². The molecule has 5 heteroatoms. The Kier molecular flexibility index (Phi) is 3.61. The lowest BCUT2D eigenvalue weighted by molar-refractivity contribution is 0.132. The lowest BCUT2D eigenvalue weighted by Gasteiger charge is -2.29. The lowest BCUT2D eigenvalue weighted by atomic mass is 9.93. The molecular weight excluding hydrogens is 320 g/mol. The molecule has 0 unspecified atom stereocenters. The van der Waals surface area contributed by atoms with Crippen LogP contribution in [0, 0.1) is 0 Å². The number of hydrogen-bond donors (Lipinski definition) is 1. The quantitative estimate of drug-likeness (QED) is 0.861. The molecule has 1 amide bonds. The second kappa shape index (κ2) is 5.40. The minimum Gasteiger partial charge on any atom is -0.465 e. The van der Waals surface area contributed by atoms with Gasteiger partial charge in [-0.3, -0.25) is 4.98 Å². The second-order valence-electron chi connectivity index (χ2n) is 5.12. The van der Waals surface area contributed by atoms with Crippen LogP contribution in [0.2, 0.25) is 0 Å². The van der Waals surface area contributed by atoms with Crippen LogP contribution in [-0.2, 0) is 0 Å². The van der Waals surface area contributed by atoms with Crippen LogP contribution in [0.25, 0.3) is 10.9 Å². The van der Waals surface area contributed by atoms with Gasteiger partial charge in [0, 0.05) is 34.6 Å². The van der Waals surface area contributed by atoms with Crippen molar-refractivity contribution in [2.75, 3.05) is 13.1 Å². The first-order valence-electron chi connectivity index (χ1n) is 6.67. The highest BCUT2D eigenvalue weighted by Crippen LogP contribution is 2.28. The van der Waals surface area contributed by atoms with Crippen LogP contribution in [0.3, 0.4) is 0 Å². The Balaban J connectivity index is 1.82. The predicted molar refractivity (Wildman–Crippen MR) is 81.0 cm³/mol. The standard InChI is InChI=1S/C15H15BrN2O2/c16-12-3-1-10-2-4-13(17-14(10)9-12)11-5-7-18(8-6-11)15(19)20/h1-4,9,11H,5-8H2,(H,19,20). The van der Waals surface area contributed by atoms with Gasteiger partial charge in [0.25, 0.3) is 0 Å². The highest BCUT2D eigenvalue weighted by atomic mass is 79.9. The first-order chi connectivity index (χ1) is 9.63. The number of benzene rings is 1. The summed E-state index contributed by atoms with van der Waals surface area (Å²) in [7, 11) is 0. The average molecular weight is 335 g/mol. The van der Waals surface area contributed by atoms with Crippen molar-refractivity contribution in [3.05, 3.63) is 40.5 Å². The number of nitrogens with zero attached hydrogens (tertiary/aromatic N) is 2. The fraction of sp³-hybridized carbons (Fsp3) is 0.333. The monoisotopic (exact) mass is 334 g/mol. The van der Waals surface area contributed by atoms with Gasteiger partial charge in [-0.25, -0.2) is 4.79 Å². The second-order valence-corrected chi connectivity index (χ2v) is 6.03. The van der Waals surface area contributed by atoms with Gasteiger partial charge >= 0.3 is 6.09 Å². The van der Waals surface area contributed by atoms with Crippen molar-refractivity contribution >= 4 is 32.9 Å². The molecule has 0 atom stereocenters. The SMILES string of the molecule is O=C(O)N1CCC(c2ccc3ccc(Br)cc3n2)CC1. The molecule has 20 heavy (non-hydrogen) atoms. The van der Waals surface area contributed by atoms with Crippen LogP contribution in [-0.4, -0.2) is 34.2 Å². The van der Waals surface area contributed by atoms with Crippen molar-refractivity contribution < 1.29 is 9.90 Å². The van der Waals surface area contributed by atoms with E-state index in [4.69, 9.17) is 10.1 Å². The fourth-order valence-electron chi connectivity index (χ4n) is 2.70. The van der Waals surface area contributed by atoms with E-state index in [9.17, 15) is 4.79 Å². The number of pyridine rings is 1. The number of amides is 1. The summed E-state index contributed by atoms with van der Waals surface area (Å²) in [5.74, 6) is 0.356. The smallest absolute Gasteiger partial charge is 0.407 e. The Morgan fingerprint density at radius 2 is 1.95 bits per heavy atom. The molecule has 1 aliphatic rings. The van der Waals surface area contributed by atoms with Crippen LogP contribution >= 0.6 is 15.9 Å². The Bertz CT molecular complexity index is 651. The number of aromatic nitrogens is 1. The van der Waals surface area contributed by atoms with Gasteiger partial charge in [-0.15, -0.1) is 0 Å². The third-order valence-electron chi connectivity index (χ3n) is 3.86. The summed E-state index contributed by atoms with van der Waals surface area (Å²) in [4.78, 5) is 17.1. The predicted octanol–water partition coefficient (Wildman–Crippen LogP) is 3.85. The minimum absolute atomic E-state index is 0.356. The first kappa shape index (κ1) is 13.4. The highest BCUT2D eigenvalue weighted by Gasteiger charge is 2.24. The van der Waals surface area contributed by atoms with E-state index in [1.54, 1.807) is 0 Å². The molecule has 2 aromatic rings. The normalized spacial score (nSPS) is 16.6. The van der Waals surface area contributed by atoms with E-state index >= 15 is 0 Å². The fourth-order valence-corrected chi connectivity index (χ4v) is 3.05. The minimum atomic E-state index is -0.821. The molecule has 1 aromatic heterocycles. The zero-order valence-corrected chi connectivity index (χ0v) is 12.5. The van der Waals surface area contributed by atoms with Gasteiger partial charge in [0.1, 0.15) is 0 Å². The summed E-state index contributed by atoms with van der Waals surface area (Å²) in [5.41, 5.74) is 2.05. The number of piperidine rings is 1. The molecule has 0 bridgehead atoms. The maximum absolute atomic E-state index is 10.9. The molecule has 4 nitrogen and oxygen atoms in total. The molecule has 0 saturated carbocycles. The maximum atomic E-state index is 10.9. The van der Waals surface area contributed by atoms with Crippen molar-refractivity contribution in [2.45, 2.75) is 18.8 Å². The molecule has 1 aliphatic heterocycles. The molecule has 3 rings (SSSR count). The van der Waals surface area contributed by atoms with E-state index in [0.29, 0.717) is 19.0 Å². The number of likely N-dealkylation sites (tertiary alicyclic amines) is 1.